The summed E-state index contributed by atoms with van der Waals surface area (Å²) >= 11 is 0. The van der Waals surface area contributed by atoms with Crippen LogP contribution in [-0.4, -0.2) is 26.5 Å². The van der Waals surface area contributed by atoms with Crippen LogP contribution in [0, 0.1) is 0 Å². The summed E-state index contributed by atoms with van der Waals surface area (Å²) in [6.07, 6.45) is 1.05. The van der Waals surface area contributed by atoms with Crippen LogP contribution in [0.25, 0.3) is 0 Å². The van der Waals surface area contributed by atoms with E-state index in [4.69, 9.17) is 0 Å². The van der Waals surface area contributed by atoms with Crippen molar-refractivity contribution in [3.8, 4) is 0 Å². The third-order valence-electron chi connectivity index (χ3n) is 3.58. The van der Waals surface area contributed by atoms with Gasteiger partial charge < -0.3 is 10.6 Å². The number of hydrogen-bond acceptors (Lipinski definition) is 4. The Hall–Kier alpha value is -2.67. The first-order valence-electron chi connectivity index (χ1n) is 6.88. The molecule has 7 heteroatoms. The molecule has 6 nitrogen and oxygen atoms in total. The van der Waals surface area contributed by atoms with Gasteiger partial charge in [-0.25, -0.2) is 8.42 Å². The number of fused-ring (bicyclic) bond motifs is 1. The second kappa shape index (κ2) is 5.51. The standard InChI is InChI=1S/C16H14N2O4S/c1-23(21,22)14-5-3-2-4-12(14)16(20)18-11-7-6-10-9-17-15(19)13(10)8-11/h2-8H,9H2,1H3,(H,17,19)(H,18,20). The molecule has 1 aliphatic heterocycles. The van der Waals surface area contributed by atoms with E-state index in [1.54, 1.807) is 30.3 Å². The highest BCUT2D eigenvalue weighted by atomic mass is 32.2. The predicted molar refractivity (Wildman–Crippen MR) is 85.1 cm³/mol. The van der Waals surface area contributed by atoms with E-state index < -0.39 is 15.7 Å². The second-order valence-electron chi connectivity index (χ2n) is 5.28. The van der Waals surface area contributed by atoms with E-state index in [9.17, 15) is 18.0 Å². The van der Waals surface area contributed by atoms with Gasteiger partial charge in [-0.3, -0.25) is 9.59 Å². The monoisotopic (exact) mass is 330 g/mol. The lowest BCUT2D eigenvalue weighted by molar-refractivity contribution is 0.0964. The van der Waals surface area contributed by atoms with Gasteiger partial charge >= 0.3 is 0 Å². The number of anilines is 1. The fraction of sp³-hybridized carbons (Fsp3) is 0.125. The Morgan fingerprint density at radius 3 is 2.65 bits per heavy atom. The number of sulfone groups is 1. The average Bonchev–Trinajstić information content (AvgIpc) is 2.87. The fourth-order valence-corrected chi connectivity index (χ4v) is 3.35. The van der Waals surface area contributed by atoms with Crippen molar-refractivity contribution in [1.29, 1.82) is 0 Å². The predicted octanol–water partition coefficient (Wildman–Crippen LogP) is 1.59. The molecule has 0 aromatic heterocycles. The first kappa shape index (κ1) is 15.2. The molecule has 0 radical (unpaired) electrons. The third kappa shape index (κ3) is 2.95. The van der Waals surface area contributed by atoms with Gasteiger partial charge in [-0.15, -0.1) is 0 Å². The second-order valence-corrected chi connectivity index (χ2v) is 7.26. The van der Waals surface area contributed by atoms with E-state index in [2.05, 4.69) is 10.6 Å². The minimum absolute atomic E-state index is 0.0311. The molecule has 0 saturated carbocycles. The zero-order valence-electron chi connectivity index (χ0n) is 12.3. The maximum atomic E-state index is 12.4. The molecule has 0 atom stereocenters. The molecule has 0 fully saturated rings. The van der Waals surface area contributed by atoms with Crippen molar-refractivity contribution in [2.45, 2.75) is 11.4 Å². The number of hydrogen-bond donors (Lipinski definition) is 2. The Balaban J connectivity index is 1.92. The summed E-state index contributed by atoms with van der Waals surface area (Å²) in [5.74, 6) is -0.725. The minimum Gasteiger partial charge on any atom is -0.348 e. The summed E-state index contributed by atoms with van der Waals surface area (Å²) in [4.78, 5) is 24.0. The highest BCUT2D eigenvalue weighted by molar-refractivity contribution is 7.90. The molecular formula is C16H14N2O4S. The van der Waals surface area contributed by atoms with Crippen LogP contribution in [-0.2, 0) is 16.4 Å². The zero-order valence-corrected chi connectivity index (χ0v) is 13.1. The normalized spacial score (nSPS) is 13.3. The smallest absolute Gasteiger partial charge is 0.256 e. The van der Waals surface area contributed by atoms with Crippen LogP contribution < -0.4 is 10.6 Å². The van der Waals surface area contributed by atoms with Crippen molar-refractivity contribution in [2.75, 3.05) is 11.6 Å². The summed E-state index contributed by atoms with van der Waals surface area (Å²) in [5.41, 5.74) is 1.89. The van der Waals surface area contributed by atoms with Crippen LogP contribution in [0.2, 0.25) is 0 Å². The minimum atomic E-state index is -3.51. The molecule has 0 spiro atoms. The first-order valence-corrected chi connectivity index (χ1v) is 8.77. The maximum absolute atomic E-state index is 12.4. The van der Waals surface area contributed by atoms with Gasteiger partial charge in [-0.05, 0) is 29.8 Å². The van der Waals surface area contributed by atoms with E-state index in [1.165, 1.54) is 12.1 Å². The number of carbonyl (C=O) groups is 2. The number of benzene rings is 2. The Morgan fingerprint density at radius 1 is 1.17 bits per heavy atom. The van der Waals surface area contributed by atoms with E-state index in [0.717, 1.165) is 11.8 Å². The van der Waals surface area contributed by atoms with Gasteiger partial charge in [-0.2, -0.15) is 0 Å². The van der Waals surface area contributed by atoms with Crippen molar-refractivity contribution in [2.24, 2.45) is 0 Å². The molecule has 1 aliphatic rings. The molecule has 0 bridgehead atoms. The summed E-state index contributed by atoms with van der Waals surface area (Å²) in [6.45, 7) is 0.472. The number of nitrogens with one attached hydrogen (secondary N) is 2. The molecule has 2 N–H and O–H groups in total. The number of amides is 2. The van der Waals surface area contributed by atoms with E-state index in [0.29, 0.717) is 17.8 Å². The molecule has 1 heterocycles. The van der Waals surface area contributed by atoms with Crippen molar-refractivity contribution < 1.29 is 18.0 Å². The van der Waals surface area contributed by atoms with Crippen molar-refractivity contribution in [1.82, 2.24) is 5.32 Å². The molecule has 3 rings (SSSR count). The quantitative estimate of drug-likeness (QED) is 0.894. The lowest BCUT2D eigenvalue weighted by Crippen LogP contribution is -2.16. The zero-order chi connectivity index (χ0) is 16.6. The lowest BCUT2D eigenvalue weighted by Gasteiger charge is -2.09. The van der Waals surface area contributed by atoms with Crippen LogP contribution in [0.3, 0.4) is 0 Å². The Kier molecular flexibility index (Phi) is 3.65. The molecule has 0 saturated heterocycles. The van der Waals surface area contributed by atoms with Crippen molar-refractivity contribution in [3.05, 3.63) is 59.2 Å². The van der Waals surface area contributed by atoms with Crippen LogP contribution in [0.4, 0.5) is 5.69 Å². The lowest BCUT2D eigenvalue weighted by atomic mass is 10.1. The van der Waals surface area contributed by atoms with E-state index in [-0.39, 0.29) is 16.4 Å². The molecule has 2 aromatic rings. The fourth-order valence-electron chi connectivity index (χ4n) is 2.47. The van der Waals surface area contributed by atoms with Crippen LogP contribution in [0.1, 0.15) is 26.3 Å². The molecule has 0 unspecified atom stereocenters. The van der Waals surface area contributed by atoms with Gasteiger partial charge in [0, 0.05) is 24.1 Å². The average molecular weight is 330 g/mol. The summed E-state index contributed by atoms with van der Waals surface area (Å²) in [5, 5.41) is 5.33. The van der Waals surface area contributed by atoms with Crippen molar-refractivity contribution >= 4 is 27.3 Å². The number of rotatable bonds is 3. The maximum Gasteiger partial charge on any atom is 0.256 e. The van der Waals surface area contributed by atoms with Gasteiger partial charge in [-0.1, -0.05) is 18.2 Å². The van der Waals surface area contributed by atoms with Crippen LogP contribution >= 0.6 is 0 Å². The summed E-state index contributed by atoms with van der Waals surface area (Å²) < 4.78 is 23.5. The van der Waals surface area contributed by atoms with Gasteiger partial charge in [0.15, 0.2) is 9.84 Å². The largest absolute Gasteiger partial charge is 0.348 e. The van der Waals surface area contributed by atoms with Crippen molar-refractivity contribution in [3.63, 3.8) is 0 Å². The highest BCUT2D eigenvalue weighted by Crippen LogP contribution is 2.22. The SMILES string of the molecule is CS(=O)(=O)c1ccccc1C(=O)Nc1ccc2c(c1)C(=O)NC2. The Labute approximate surface area is 133 Å². The molecule has 2 amide bonds. The Bertz CT molecular complexity index is 919. The van der Waals surface area contributed by atoms with Gasteiger partial charge in [0.1, 0.15) is 0 Å². The molecule has 23 heavy (non-hydrogen) atoms. The topological polar surface area (TPSA) is 92.3 Å². The third-order valence-corrected chi connectivity index (χ3v) is 4.74. The van der Waals surface area contributed by atoms with Gasteiger partial charge in [0.05, 0.1) is 10.5 Å². The van der Waals surface area contributed by atoms with Crippen LogP contribution in [0.5, 0.6) is 0 Å². The summed E-state index contributed by atoms with van der Waals surface area (Å²) in [7, 11) is -3.51. The van der Waals surface area contributed by atoms with Gasteiger partial charge in [0.2, 0.25) is 0 Å². The van der Waals surface area contributed by atoms with E-state index in [1.807, 2.05) is 0 Å². The number of carbonyl (C=O) groups excluding carboxylic acids is 2. The van der Waals surface area contributed by atoms with E-state index >= 15 is 0 Å². The van der Waals surface area contributed by atoms with Crippen LogP contribution in [0.15, 0.2) is 47.4 Å². The summed E-state index contributed by atoms with van der Waals surface area (Å²) in [6, 6.07) is 11.0. The Morgan fingerprint density at radius 2 is 1.91 bits per heavy atom. The highest BCUT2D eigenvalue weighted by Gasteiger charge is 2.21. The molecule has 118 valence electrons. The first-order chi connectivity index (χ1) is 10.9. The molecule has 0 aliphatic carbocycles. The molecular weight excluding hydrogens is 316 g/mol. The van der Waals surface area contributed by atoms with Gasteiger partial charge in [0.25, 0.3) is 11.8 Å². The molecule has 2 aromatic carbocycles.